The summed E-state index contributed by atoms with van der Waals surface area (Å²) in [6, 6.07) is 9.10. The van der Waals surface area contributed by atoms with E-state index in [1.54, 1.807) is 0 Å². The van der Waals surface area contributed by atoms with Crippen molar-refractivity contribution in [2.24, 2.45) is 10.7 Å². The smallest absolute Gasteiger partial charge is 0.189 e. The number of fused-ring (bicyclic) bond motifs is 1. The summed E-state index contributed by atoms with van der Waals surface area (Å²) in [5.74, 6) is 1.48. The monoisotopic (exact) mass is 430 g/mol. The Kier molecular flexibility index (Phi) is 6.95. The molecule has 0 bridgehead atoms. The van der Waals surface area contributed by atoms with E-state index in [0.717, 1.165) is 37.8 Å². The van der Waals surface area contributed by atoms with Crippen molar-refractivity contribution in [1.82, 2.24) is 10.2 Å². The molecule has 1 fully saturated rings. The van der Waals surface area contributed by atoms with Crippen molar-refractivity contribution in [3.8, 4) is 5.75 Å². The van der Waals surface area contributed by atoms with Crippen molar-refractivity contribution in [2.75, 3.05) is 26.2 Å². The molecule has 1 aliphatic heterocycles. The van der Waals surface area contributed by atoms with Gasteiger partial charge in [-0.05, 0) is 25.5 Å². The molecule has 23 heavy (non-hydrogen) atoms. The van der Waals surface area contributed by atoms with E-state index in [4.69, 9.17) is 10.5 Å². The molecule has 1 aliphatic carbocycles. The van der Waals surface area contributed by atoms with Crippen molar-refractivity contribution in [1.29, 1.82) is 0 Å². The number of likely N-dealkylation sites (N-methyl/N-ethyl adjacent to an activating group) is 1. The number of halogens is 1. The Bertz CT molecular complexity index is 533. The lowest BCUT2D eigenvalue weighted by Crippen LogP contribution is -2.38. The van der Waals surface area contributed by atoms with Gasteiger partial charge in [0.1, 0.15) is 5.75 Å². The summed E-state index contributed by atoms with van der Waals surface area (Å²) in [6.07, 6.45) is 3.59. The minimum Gasteiger partial charge on any atom is -0.493 e. The highest BCUT2D eigenvalue weighted by atomic mass is 127. The summed E-state index contributed by atoms with van der Waals surface area (Å²) < 4.78 is 5.67. The van der Waals surface area contributed by atoms with Crippen LogP contribution in [0.1, 0.15) is 37.8 Å². The number of aliphatic imine (C=N–C) groups is 1. The third-order valence-electron chi connectivity index (χ3n) is 4.42. The normalized spacial score (nSPS) is 20.4. The molecule has 0 aromatic heterocycles. The van der Waals surface area contributed by atoms with Crippen LogP contribution in [-0.2, 0) is 0 Å². The number of nitrogens with two attached hydrogens (primary N) is 1. The third-order valence-corrected chi connectivity index (χ3v) is 4.42. The molecule has 1 aromatic rings. The van der Waals surface area contributed by atoms with Gasteiger partial charge in [0.15, 0.2) is 5.96 Å². The number of rotatable bonds is 6. The Morgan fingerprint density at radius 3 is 2.87 bits per heavy atom. The molecule has 1 aromatic carbocycles. The van der Waals surface area contributed by atoms with E-state index in [-0.39, 0.29) is 30.0 Å². The summed E-state index contributed by atoms with van der Waals surface area (Å²) in [7, 11) is 0. The van der Waals surface area contributed by atoms with Crippen LogP contribution in [0.2, 0.25) is 0 Å². The fourth-order valence-corrected chi connectivity index (χ4v) is 3.05. The maximum Gasteiger partial charge on any atom is 0.189 e. The molecule has 5 nitrogen and oxygen atoms in total. The fourth-order valence-electron chi connectivity index (χ4n) is 3.05. The molecule has 1 unspecified atom stereocenters. The number of nitrogens with zero attached hydrogens (tertiary/aromatic N) is 2. The van der Waals surface area contributed by atoms with E-state index < -0.39 is 0 Å². The first kappa shape index (κ1) is 18.3. The molecular formula is C17H27IN4O. The van der Waals surface area contributed by atoms with Crippen molar-refractivity contribution < 1.29 is 4.74 Å². The van der Waals surface area contributed by atoms with Gasteiger partial charge in [-0.1, -0.05) is 25.1 Å². The summed E-state index contributed by atoms with van der Waals surface area (Å²) in [6.45, 7) is 5.78. The number of ether oxygens (including phenoxy) is 1. The number of guanidine groups is 1. The lowest BCUT2D eigenvalue weighted by Gasteiger charge is -2.27. The van der Waals surface area contributed by atoms with Gasteiger partial charge in [0, 0.05) is 24.6 Å². The van der Waals surface area contributed by atoms with Gasteiger partial charge in [0.25, 0.3) is 0 Å². The highest BCUT2D eigenvalue weighted by Gasteiger charge is 2.27. The Labute approximate surface area is 155 Å². The topological polar surface area (TPSA) is 62.9 Å². The van der Waals surface area contributed by atoms with E-state index in [1.807, 2.05) is 18.2 Å². The van der Waals surface area contributed by atoms with Crippen molar-refractivity contribution in [2.45, 2.75) is 38.3 Å². The molecule has 1 heterocycles. The first-order chi connectivity index (χ1) is 10.8. The second kappa shape index (κ2) is 8.73. The van der Waals surface area contributed by atoms with Gasteiger partial charge in [0.05, 0.1) is 19.2 Å². The van der Waals surface area contributed by atoms with Gasteiger partial charge in [-0.25, -0.2) is 0 Å². The van der Waals surface area contributed by atoms with Gasteiger partial charge >= 0.3 is 0 Å². The number of para-hydroxylation sites is 1. The van der Waals surface area contributed by atoms with Crippen LogP contribution >= 0.6 is 24.0 Å². The Hall–Kier alpha value is -1.02. The molecule has 2 aliphatic rings. The molecule has 0 saturated heterocycles. The standard InChI is InChI=1S/C17H26N4O.HI/c1-2-21(13-7-8-13)11-10-19-17(18)20-15-9-12-22-16-6-4-3-5-14(15)16;/h3-6,13,15H,2,7-12H2,1H3,(H3,18,19,20);1H. The number of hydrogen-bond acceptors (Lipinski definition) is 3. The Morgan fingerprint density at radius 2 is 2.13 bits per heavy atom. The second-order valence-electron chi connectivity index (χ2n) is 6.00. The zero-order valence-electron chi connectivity index (χ0n) is 13.7. The molecule has 3 rings (SSSR count). The molecule has 6 heteroatoms. The van der Waals surface area contributed by atoms with Gasteiger partial charge in [0.2, 0.25) is 0 Å². The molecule has 0 amide bonds. The predicted octanol–water partition coefficient (Wildman–Crippen LogP) is 2.52. The maximum absolute atomic E-state index is 6.06. The van der Waals surface area contributed by atoms with Crippen LogP contribution in [0.25, 0.3) is 0 Å². The first-order valence-corrected chi connectivity index (χ1v) is 8.30. The van der Waals surface area contributed by atoms with Gasteiger partial charge < -0.3 is 15.8 Å². The summed E-state index contributed by atoms with van der Waals surface area (Å²) in [5.41, 5.74) is 7.23. The van der Waals surface area contributed by atoms with Crippen LogP contribution in [-0.4, -0.2) is 43.1 Å². The molecule has 3 N–H and O–H groups in total. The molecule has 0 spiro atoms. The van der Waals surface area contributed by atoms with Gasteiger partial charge in [-0.2, -0.15) is 0 Å². The minimum absolute atomic E-state index is 0. The quantitative estimate of drug-likeness (QED) is 0.414. The average Bonchev–Trinajstić information content (AvgIpc) is 3.37. The third kappa shape index (κ3) is 4.97. The van der Waals surface area contributed by atoms with E-state index >= 15 is 0 Å². The van der Waals surface area contributed by atoms with E-state index in [0.29, 0.717) is 12.6 Å². The lowest BCUT2D eigenvalue weighted by atomic mass is 10.0. The van der Waals surface area contributed by atoms with Crippen LogP contribution in [0.15, 0.2) is 29.3 Å². The van der Waals surface area contributed by atoms with Crippen molar-refractivity contribution >= 4 is 29.9 Å². The van der Waals surface area contributed by atoms with Crippen molar-refractivity contribution in [3.63, 3.8) is 0 Å². The highest BCUT2D eigenvalue weighted by molar-refractivity contribution is 14.0. The number of nitrogens with one attached hydrogen (secondary N) is 1. The van der Waals surface area contributed by atoms with Crippen LogP contribution < -0.4 is 15.8 Å². The maximum atomic E-state index is 6.06. The predicted molar refractivity (Wildman–Crippen MR) is 105 cm³/mol. The van der Waals surface area contributed by atoms with Crippen LogP contribution in [0, 0.1) is 0 Å². The molecule has 128 valence electrons. The molecule has 0 radical (unpaired) electrons. The summed E-state index contributed by atoms with van der Waals surface area (Å²) in [5, 5.41) is 3.34. The molecule has 1 atom stereocenters. The first-order valence-electron chi connectivity index (χ1n) is 8.30. The zero-order valence-corrected chi connectivity index (χ0v) is 16.0. The highest BCUT2D eigenvalue weighted by Crippen LogP contribution is 2.31. The van der Waals surface area contributed by atoms with Gasteiger partial charge in [-0.3, -0.25) is 9.89 Å². The van der Waals surface area contributed by atoms with Crippen LogP contribution in [0.4, 0.5) is 0 Å². The Balaban J connectivity index is 0.00000192. The summed E-state index contributed by atoms with van der Waals surface area (Å²) in [4.78, 5) is 6.98. The largest absolute Gasteiger partial charge is 0.493 e. The SMILES string of the molecule is CCN(CCN=C(N)NC1CCOc2ccccc21)C1CC1.I. The number of benzene rings is 1. The fraction of sp³-hybridized carbons (Fsp3) is 0.588. The molecular weight excluding hydrogens is 403 g/mol. The van der Waals surface area contributed by atoms with Crippen LogP contribution in [0.5, 0.6) is 5.75 Å². The lowest BCUT2D eigenvalue weighted by molar-refractivity contribution is 0.262. The Morgan fingerprint density at radius 1 is 1.35 bits per heavy atom. The van der Waals surface area contributed by atoms with Crippen molar-refractivity contribution in [3.05, 3.63) is 29.8 Å². The second-order valence-corrected chi connectivity index (χ2v) is 6.00. The number of hydrogen-bond donors (Lipinski definition) is 2. The van der Waals surface area contributed by atoms with Gasteiger partial charge in [-0.15, -0.1) is 24.0 Å². The summed E-state index contributed by atoms with van der Waals surface area (Å²) >= 11 is 0. The molecule has 1 saturated carbocycles. The van der Waals surface area contributed by atoms with Crippen LogP contribution in [0.3, 0.4) is 0 Å². The average molecular weight is 430 g/mol. The minimum atomic E-state index is 0. The van der Waals surface area contributed by atoms with E-state index in [2.05, 4.69) is 28.2 Å². The zero-order chi connectivity index (χ0) is 15.4. The van der Waals surface area contributed by atoms with E-state index in [1.165, 1.54) is 18.4 Å². The van der Waals surface area contributed by atoms with E-state index in [9.17, 15) is 0 Å².